The molecule has 2 heterocycles. The average molecular weight is 348 g/mol. The summed E-state index contributed by atoms with van der Waals surface area (Å²) in [5.41, 5.74) is 1.70. The minimum atomic E-state index is -0.0210. The van der Waals surface area contributed by atoms with Crippen LogP contribution in [0.5, 0.6) is 0 Å². The molecule has 2 rings (SSSR count). The van der Waals surface area contributed by atoms with Crippen LogP contribution >= 0.6 is 23.1 Å². The first kappa shape index (κ1) is 17.6. The number of dihydropyridines is 1. The number of rotatable bonds is 6. The van der Waals surface area contributed by atoms with Crippen molar-refractivity contribution in [2.45, 2.75) is 26.7 Å². The van der Waals surface area contributed by atoms with Crippen LogP contribution in [0.2, 0.25) is 0 Å². The minimum Gasteiger partial charge on any atom is -0.353 e. The maximum atomic E-state index is 12.2. The normalized spacial score (nSPS) is 17.3. The summed E-state index contributed by atoms with van der Waals surface area (Å²) in [6.45, 7) is 7.37. The second-order valence-corrected chi connectivity index (χ2v) is 7.14. The third-order valence-electron chi connectivity index (χ3n) is 3.71. The van der Waals surface area contributed by atoms with E-state index in [2.05, 4.69) is 17.5 Å². The standard InChI is InChI=1S/C17H21N3OS2/c1-4-20(5-2)16(21)11-23-17-14(10-18)13(9-12(3)19-17)15-7-6-8-22-15/h6-9,13,19H,4-5,11H2,1-3H3/t13-/m0/s1. The van der Waals surface area contributed by atoms with Crippen molar-refractivity contribution in [3.8, 4) is 6.07 Å². The molecule has 1 atom stereocenters. The molecule has 4 nitrogen and oxygen atoms in total. The highest BCUT2D eigenvalue weighted by atomic mass is 32.2. The SMILES string of the molecule is CCN(CC)C(=O)CSC1=C(C#N)[C@@H](c2cccs2)C=C(C)N1. The molecule has 1 N–H and O–H groups in total. The molecule has 0 unspecified atom stereocenters. The molecule has 0 aliphatic carbocycles. The predicted octanol–water partition coefficient (Wildman–Crippen LogP) is 3.68. The molecule has 0 aromatic carbocycles. The van der Waals surface area contributed by atoms with Gasteiger partial charge in [0.2, 0.25) is 5.91 Å². The number of hydrogen-bond acceptors (Lipinski definition) is 5. The molecule has 0 bridgehead atoms. The summed E-state index contributed by atoms with van der Waals surface area (Å²) in [5, 5.41) is 15.7. The van der Waals surface area contributed by atoms with Gasteiger partial charge < -0.3 is 10.2 Å². The van der Waals surface area contributed by atoms with Gasteiger partial charge in [-0.05, 0) is 32.2 Å². The number of allylic oxidation sites excluding steroid dienone is 3. The summed E-state index contributed by atoms with van der Waals surface area (Å²) >= 11 is 3.07. The highest BCUT2D eigenvalue weighted by molar-refractivity contribution is 8.03. The van der Waals surface area contributed by atoms with E-state index >= 15 is 0 Å². The van der Waals surface area contributed by atoms with Gasteiger partial charge in [-0.25, -0.2) is 0 Å². The number of thioether (sulfide) groups is 1. The van der Waals surface area contributed by atoms with E-state index in [4.69, 9.17) is 0 Å². The van der Waals surface area contributed by atoms with Crippen LogP contribution in [-0.4, -0.2) is 29.6 Å². The molecule has 1 aliphatic rings. The minimum absolute atomic E-state index is 0.0210. The fourth-order valence-corrected chi connectivity index (χ4v) is 4.31. The van der Waals surface area contributed by atoms with Gasteiger partial charge in [-0.1, -0.05) is 23.9 Å². The largest absolute Gasteiger partial charge is 0.353 e. The van der Waals surface area contributed by atoms with Gasteiger partial charge in [0.25, 0.3) is 0 Å². The van der Waals surface area contributed by atoms with Crippen molar-refractivity contribution in [3.63, 3.8) is 0 Å². The molecule has 6 heteroatoms. The van der Waals surface area contributed by atoms with Gasteiger partial charge in [-0.2, -0.15) is 5.26 Å². The molecule has 122 valence electrons. The quantitative estimate of drug-likeness (QED) is 0.853. The van der Waals surface area contributed by atoms with Crippen LogP contribution in [0.4, 0.5) is 0 Å². The van der Waals surface area contributed by atoms with Crippen LogP contribution in [0.15, 0.2) is 39.9 Å². The molecule has 0 fully saturated rings. The lowest BCUT2D eigenvalue weighted by atomic mass is 9.95. The number of hydrogen-bond donors (Lipinski definition) is 1. The van der Waals surface area contributed by atoms with Gasteiger partial charge in [0.1, 0.15) is 0 Å². The highest BCUT2D eigenvalue weighted by Gasteiger charge is 2.25. The summed E-state index contributed by atoms with van der Waals surface area (Å²) in [6, 6.07) is 6.37. The lowest BCUT2D eigenvalue weighted by Crippen LogP contribution is -2.32. The lowest BCUT2D eigenvalue weighted by Gasteiger charge is -2.24. The van der Waals surface area contributed by atoms with Gasteiger partial charge in [-0.3, -0.25) is 4.79 Å². The van der Waals surface area contributed by atoms with Crippen molar-refractivity contribution < 1.29 is 4.79 Å². The highest BCUT2D eigenvalue weighted by Crippen LogP contribution is 2.37. The summed E-state index contributed by atoms with van der Waals surface area (Å²) in [5.74, 6) is 0.429. The van der Waals surface area contributed by atoms with E-state index in [1.165, 1.54) is 11.8 Å². The van der Waals surface area contributed by atoms with Gasteiger partial charge in [0.05, 0.1) is 28.3 Å². The molecule has 1 amide bonds. The zero-order chi connectivity index (χ0) is 16.8. The van der Waals surface area contributed by atoms with Crippen molar-refractivity contribution in [2.75, 3.05) is 18.8 Å². The predicted molar refractivity (Wildman–Crippen MR) is 97.0 cm³/mol. The molecule has 1 aromatic heterocycles. The third kappa shape index (κ3) is 4.18. The summed E-state index contributed by atoms with van der Waals surface area (Å²) in [6.07, 6.45) is 2.07. The zero-order valence-electron chi connectivity index (χ0n) is 13.6. The van der Waals surface area contributed by atoms with Crippen LogP contribution < -0.4 is 5.32 Å². The van der Waals surface area contributed by atoms with Crippen LogP contribution in [0.3, 0.4) is 0 Å². The van der Waals surface area contributed by atoms with Crippen molar-refractivity contribution in [2.24, 2.45) is 0 Å². The van der Waals surface area contributed by atoms with Crippen LogP contribution in [0, 0.1) is 11.3 Å². The molecule has 0 saturated carbocycles. The van der Waals surface area contributed by atoms with E-state index in [1.54, 1.807) is 11.3 Å². The fraction of sp³-hybridized carbons (Fsp3) is 0.412. The zero-order valence-corrected chi connectivity index (χ0v) is 15.3. The van der Waals surface area contributed by atoms with Crippen LogP contribution in [0.25, 0.3) is 0 Å². The van der Waals surface area contributed by atoms with Crippen LogP contribution in [0.1, 0.15) is 31.6 Å². The Labute approximate surface area is 145 Å². The second-order valence-electron chi connectivity index (χ2n) is 5.18. The lowest BCUT2D eigenvalue weighted by molar-refractivity contribution is -0.127. The molecule has 0 spiro atoms. The molecule has 1 aromatic rings. The first-order valence-corrected chi connectivity index (χ1v) is 9.50. The molecule has 0 radical (unpaired) electrons. The van der Waals surface area contributed by atoms with E-state index in [0.29, 0.717) is 24.4 Å². The van der Waals surface area contributed by atoms with Gasteiger partial charge in [-0.15, -0.1) is 11.3 Å². The van der Waals surface area contributed by atoms with E-state index in [0.717, 1.165) is 15.6 Å². The Morgan fingerprint density at radius 1 is 1.48 bits per heavy atom. The number of nitrogens with one attached hydrogen (secondary N) is 1. The van der Waals surface area contributed by atoms with Gasteiger partial charge >= 0.3 is 0 Å². The van der Waals surface area contributed by atoms with Gasteiger partial charge in [0, 0.05) is 23.7 Å². The Hall–Kier alpha value is -1.71. The third-order valence-corrected chi connectivity index (χ3v) is 5.67. The van der Waals surface area contributed by atoms with Crippen molar-refractivity contribution in [1.82, 2.24) is 10.2 Å². The molecule has 0 saturated heterocycles. The van der Waals surface area contributed by atoms with E-state index < -0.39 is 0 Å². The number of nitrogens with zero attached hydrogens (tertiary/aromatic N) is 2. The van der Waals surface area contributed by atoms with E-state index in [1.807, 2.05) is 43.2 Å². The number of carbonyl (C=O) groups is 1. The second kappa shape index (κ2) is 8.23. The maximum absolute atomic E-state index is 12.2. The first-order valence-electron chi connectivity index (χ1n) is 7.64. The average Bonchev–Trinajstić information content (AvgIpc) is 3.07. The molecule has 23 heavy (non-hydrogen) atoms. The molecular weight excluding hydrogens is 326 g/mol. The Bertz CT molecular complexity index is 652. The van der Waals surface area contributed by atoms with Crippen molar-refractivity contribution in [1.29, 1.82) is 5.26 Å². The fourth-order valence-electron chi connectivity index (χ4n) is 2.49. The molecular formula is C17H21N3OS2. The van der Waals surface area contributed by atoms with Crippen molar-refractivity contribution in [3.05, 3.63) is 44.8 Å². The summed E-state index contributed by atoms with van der Waals surface area (Å²) < 4.78 is 0. The Morgan fingerprint density at radius 3 is 2.78 bits per heavy atom. The topological polar surface area (TPSA) is 56.1 Å². The van der Waals surface area contributed by atoms with Gasteiger partial charge in [0.15, 0.2) is 0 Å². The van der Waals surface area contributed by atoms with E-state index in [-0.39, 0.29) is 11.8 Å². The number of thiophene rings is 1. The number of amides is 1. The van der Waals surface area contributed by atoms with E-state index in [9.17, 15) is 10.1 Å². The Kier molecular flexibility index (Phi) is 6.31. The molecule has 1 aliphatic heterocycles. The number of carbonyl (C=O) groups excluding carboxylic acids is 1. The first-order chi connectivity index (χ1) is 11.1. The Balaban J connectivity index is 2.18. The van der Waals surface area contributed by atoms with Crippen molar-refractivity contribution >= 4 is 29.0 Å². The summed E-state index contributed by atoms with van der Waals surface area (Å²) in [7, 11) is 0. The monoisotopic (exact) mass is 347 g/mol. The smallest absolute Gasteiger partial charge is 0.232 e. The Morgan fingerprint density at radius 2 is 2.22 bits per heavy atom. The summed E-state index contributed by atoms with van der Waals surface area (Å²) in [4.78, 5) is 15.2. The maximum Gasteiger partial charge on any atom is 0.232 e. The number of nitriles is 1. The van der Waals surface area contributed by atoms with Crippen LogP contribution in [-0.2, 0) is 4.79 Å².